The van der Waals surface area contributed by atoms with Crippen LogP contribution in [0.5, 0.6) is 0 Å². The van der Waals surface area contributed by atoms with Gasteiger partial charge in [-0.15, -0.1) is 0 Å². The maximum absolute atomic E-state index is 14.1. The Kier molecular flexibility index (Phi) is 5.02. The van der Waals surface area contributed by atoms with Crippen LogP contribution in [0.15, 0.2) is 85.1 Å². The molecule has 0 radical (unpaired) electrons. The predicted molar refractivity (Wildman–Crippen MR) is 124 cm³/mol. The number of rotatable bonds is 2. The van der Waals surface area contributed by atoms with Crippen LogP contribution < -0.4 is 5.32 Å². The first kappa shape index (κ1) is 20.1. The number of anilines is 1. The number of halogens is 1. The van der Waals surface area contributed by atoms with Crippen molar-refractivity contribution in [3.8, 4) is 5.69 Å². The number of amides is 2. The van der Waals surface area contributed by atoms with Crippen LogP contribution in [0.3, 0.4) is 0 Å². The highest BCUT2D eigenvalue weighted by Gasteiger charge is 2.33. The molecule has 0 saturated heterocycles. The minimum Gasteiger partial charge on any atom is -0.318 e. The molecule has 0 spiro atoms. The number of aromatic nitrogens is 1. The van der Waals surface area contributed by atoms with Gasteiger partial charge < -0.3 is 14.8 Å². The average molecular weight is 426 g/mol. The summed E-state index contributed by atoms with van der Waals surface area (Å²) in [5.41, 5.74) is 6.27. The number of para-hydroxylation sites is 1. The Bertz CT molecular complexity index is 1290. The van der Waals surface area contributed by atoms with E-state index in [0.29, 0.717) is 17.8 Å². The van der Waals surface area contributed by atoms with Gasteiger partial charge in [0.15, 0.2) is 0 Å². The van der Waals surface area contributed by atoms with Crippen LogP contribution in [0.4, 0.5) is 14.9 Å². The van der Waals surface area contributed by atoms with Gasteiger partial charge in [0.2, 0.25) is 0 Å². The monoisotopic (exact) mass is 425 g/mol. The molecule has 160 valence electrons. The first-order valence-corrected chi connectivity index (χ1v) is 10.7. The van der Waals surface area contributed by atoms with Gasteiger partial charge >= 0.3 is 6.03 Å². The summed E-state index contributed by atoms with van der Waals surface area (Å²) in [7, 11) is 0. The predicted octanol–water partition coefficient (Wildman–Crippen LogP) is 6.37. The SMILES string of the molecule is Cc1ccc([C@@H]2c3cccn3-c3ccccc3CN2C(=O)Nc2ccc(C)c(F)c2)cc1. The zero-order valence-electron chi connectivity index (χ0n) is 18.0. The summed E-state index contributed by atoms with van der Waals surface area (Å²) in [4.78, 5) is 15.4. The number of hydrogen-bond acceptors (Lipinski definition) is 1. The highest BCUT2D eigenvalue weighted by molar-refractivity contribution is 5.90. The molecule has 4 nitrogen and oxygen atoms in total. The molecule has 2 heterocycles. The number of carbonyl (C=O) groups excluding carboxylic acids is 1. The number of fused-ring (bicyclic) bond motifs is 3. The Morgan fingerprint density at radius 1 is 0.969 bits per heavy atom. The van der Waals surface area contributed by atoms with Crippen molar-refractivity contribution in [2.75, 3.05) is 5.32 Å². The number of carbonyl (C=O) groups is 1. The Labute approximate surface area is 186 Å². The number of aryl methyl sites for hydroxylation is 2. The van der Waals surface area contributed by atoms with E-state index >= 15 is 0 Å². The lowest BCUT2D eigenvalue weighted by Gasteiger charge is -2.31. The van der Waals surface area contributed by atoms with Gasteiger partial charge in [0.25, 0.3) is 0 Å². The van der Waals surface area contributed by atoms with Gasteiger partial charge in [-0.1, -0.05) is 54.1 Å². The number of hydrogen-bond donors (Lipinski definition) is 1. The molecule has 1 N–H and O–H groups in total. The van der Waals surface area contributed by atoms with Crippen LogP contribution in [0.1, 0.15) is 34.0 Å². The van der Waals surface area contributed by atoms with E-state index in [4.69, 9.17) is 0 Å². The van der Waals surface area contributed by atoms with E-state index in [-0.39, 0.29) is 17.9 Å². The maximum atomic E-state index is 14.1. The molecule has 1 aromatic heterocycles. The van der Waals surface area contributed by atoms with E-state index in [1.165, 1.54) is 6.07 Å². The van der Waals surface area contributed by atoms with Gasteiger partial charge in [-0.2, -0.15) is 0 Å². The molecule has 0 unspecified atom stereocenters. The molecule has 0 bridgehead atoms. The highest BCUT2D eigenvalue weighted by atomic mass is 19.1. The van der Waals surface area contributed by atoms with E-state index in [9.17, 15) is 9.18 Å². The van der Waals surface area contributed by atoms with Gasteiger partial charge in [-0.05, 0) is 60.9 Å². The number of nitrogens with zero attached hydrogens (tertiary/aromatic N) is 2. The van der Waals surface area contributed by atoms with E-state index in [1.54, 1.807) is 19.1 Å². The van der Waals surface area contributed by atoms with Crippen molar-refractivity contribution in [2.24, 2.45) is 0 Å². The van der Waals surface area contributed by atoms with Crippen molar-refractivity contribution in [2.45, 2.75) is 26.4 Å². The van der Waals surface area contributed by atoms with Crippen molar-refractivity contribution >= 4 is 11.7 Å². The van der Waals surface area contributed by atoms with E-state index in [0.717, 1.165) is 28.1 Å². The van der Waals surface area contributed by atoms with Crippen molar-refractivity contribution < 1.29 is 9.18 Å². The fourth-order valence-corrected chi connectivity index (χ4v) is 4.30. The third-order valence-electron chi connectivity index (χ3n) is 6.04. The third kappa shape index (κ3) is 3.56. The third-order valence-corrected chi connectivity index (χ3v) is 6.04. The molecule has 3 aromatic carbocycles. The molecule has 2 amide bonds. The second-order valence-electron chi connectivity index (χ2n) is 8.27. The smallest absolute Gasteiger partial charge is 0.318 e. The summed E-state index contributed by atoms with van der Waals surface area (Å²) in [5.74, 6) is -0.340. The Morgan fingerprint density at radius 2 is 1.75 bits per heavy atom. The fraction of sp³-hybridized carbons (Fsp3) is 0.148. The normalized spacial score (nSPS) is 15.0. The van der Waals surface area contributed by atoms with Gasteiger partial charge in [-0.25, -0.2) is 9.18 Å². The van der Waals surface area contributed by atoms with E-state index in [1.807, 2.05) is 42.3 Å². The van der Waals surface area contributed by atoms with E-state index < -0.39 is 0 Å². The minimum absolute atomic E-state index is 0.275. The van der Waals surface area contributed by atoms with Crippen molar-refractivity contribution in [3.63, 3.8) is 0 Å². The van der Waals surface area contributed by atoms with Crippen LogP contribution in [0.25, 0.3) is 5.69 Å². The second kappa shape index (κ2) is 8.00. The lowest BCUT2D eigenvalue weighted by molar-refractivity contribution is 0.194. The van der Waals surface area contributed by atoms with Crippen LogP contribution in [0, 0.1) is 19.7 Å². The van der Waals surface area contributed by atoms with Crippen LogP contribution in [-0.2, 0) is 6.54 Å². The molecule has 4 aromatic rings. The molecule has 5 rings (SSSR count). The number of urea groups is 1. The topological polar surface area (TPSA) is 37.3 Å². The summed E-state index contributed by atoms with van der Waals surface area (Å²) >= 11 is 0. The standard InChI is InChI=1S/C27H24FN3O/c1-18-9-12-20(13-10-18)26-25-8-5-15-30(25)24-7-4-3-6-21(24)17-31(26)27(32)29-22-14-11-19(2)23(28)16-22/h3-16,26H,17H2,1-2H3,(H,29,32)/t26-/m1/s1. The van der Waals surface area contributed by atoms with Crippen molar-refractivity contribution in [1.29, 1.82) is 0 Å². The summed E-state index contributed by atoms with van der Waals surface area (Å²) < 4.78 is 16.3. The molecule has 0 fully saturated rings. The zero-order valence-corrected chi connectivity index (χ0v) is 18.0. The summed E-state index contributed by atoms with van der Waals surface area (Å²) in [5, 5.41) is 2.91. The molecular weight excluding hydrogens is 401 g/mol. The van der Waals surface area contributed by atoms with Crippen molar-refractivity contribution in [3.05, 3.63) is 119 Å². The Hall–Kier alpha value is -3.86. The average Bonchev–Trinajstić information content (AvgIpc) is 3.21. The maximum Gasteiger partial charge on any atom is 0.322 e. The highest BCUT2D eigenvalue weighted by Crippen LogP contribution is 2.37. The Morgan fingerprint density at radius 3 is 2.53 bits per heavy atom. The largest absolute Gasteiger partial charge is 0.322 e. The molecule has 0 saturated carbocycles. The summed E-state index contributed by atoms with van der Waals surface area (Å²) in [6.07, 6.45) is 2.03. The zero-order chi connectivity index (χ0) is 22.2. The van der Waals surface area contributed by atoms with E-state index in [2.05, 4.69) is 46.3 Å². The quantitative estimate of drug-likeness (QED) is 0.398. The fourth-order valence-electron chi connectivity index (χ4n) is 4.30. The molecule has 1 aliphatic heterocycles. The van der Waals surface area contributed by atoms with Gasteiger partial charge in [0.1, 0.15) is 5.82 Å². The molecule has 32 heavy (non-hydrogen) atoms. The minimum atomic E-state index is -0.340. The van der Waals surface area contributed by atoms with Gasteiger partial charge in [-0.3, -0.25) is 0 Å². The molecule has 1 aliphatic rings. The first-order valence-electron chi connectivity index (χ1n) is 10.7. The molecule has 1 atom stereocenters. The van der Waals surface area contributed by atoms with Crippen LogP contribution >= 0.6 is 0 Å². The molecule has 0 aliphatic carbocycles. The lowest BCUT2D eigenvalue weighted by atomic mass is 10.0. The van der Waals surface area contributed by atoms with Crippen LogP contribution in [-0.4, -0.2) is 15.5 Å². The van der Waals surface area contributed by atoms with Crippen molar-refractivity contribution in [1.82, 2.24) is 9.47 Å². The molecular formula is C27H24FN3O. The lowest BCUT2D eigenvalue weighted by Crippen LogP contribution is -2.38. The van der Waals surface area contributed by atoms with Gasteiger partial charge in [0, 0.05) is 17.6 Å². The number of benzene rings is 3. The first-order chi connectivity index (χ1) is 15.5. The molecule has 5 heteroatoms. The summed E-state index contributed by atoms with van der Waals surface area (Å²) in [6, 6.07) is 24.6. The Balaban J connectivity index is 1.61. The number of nitrogens with one attached hydrogen (secondary N) is 1. The summed E-state index contributed by atoms with van der Waals surface area (Å²) in [6.45, 7) is 4.18. The van der Waals surface area contributed by atoms with Crippen LogP contribution in [0.2, 0.25) is 0 Å². The second-order valence-corrected chi connectivity index (χ2v) is 8.27. The van der Waals surface area contributed by atoms with Gasteiger partial charge in [0.05, 0.1) is 18.3 Å².